The third kappa shape index (κ3) is 3.68. The standard InChI is InChI=1S/C17H24N2S/c1-5-10-18-13(3)17-14(4)19-16(20-17)11-15-9-7-6-8-12(15)2/h6-9,13,18H,5,10-11H2,1-4H3. The van der Waals surface area contributed by atoms with Gasteiger partial charge in [-0.05, 0) is 44.9 Å². The molecule has 0 saturated heterocycles. The monoisotopic (exact) mass is 288 g/mol. The van der Waals surface area contributed by atoms with Gasteiger partial charge in [-0.2, -0.15) is 0 Å². The normalized spacial score (nSPS) is 12.6. The number of thiazole rings is 1. The van der Waals surface area contributed by atoms with E-state index in [4.69, 9.17) is 4.98 Å². The average molecular weight is 288 g/mol. The zero-order chi connectivity index (χ0) is 14.5. The summed E-state index contributed by atoms with van der Waals surface area (Å²) in [5.41, 5.74) is 3.90. The lowest BCUT2D eigenvalue weighted by molar-refractivity contribution is 0.575. The third-order valence-corrected chi connectivity index (χ3v) is 4.91. The first-order valence-electron chi connectivity index (χ1n) is 7.36. The van der Waals surface area contributed by atoms with Crippen LogP contribution in [0.15, 0.2) is 24.3 Å². The van der Waals surface area contributed by atoms with Gasteiger partial charge in [0, 0.05) is 17.3 Å². The maximum atomic E-state index is 4.75. The Morgan fingerprint density at radius 3 is 2.70 bits per heavy atom. The van der Waals surface area contributed by atoms with Crippen molar-refractivity contribution < 1.29 is 0 Å². The van der Waals surface area contributed by atoms with Crippen LogP contribution in [-0.2, 0) is 6.42 Å². The Morgan fingerprint density at radius 2 is 2.00 bits per heavy atom. The largest absolute Gasteiger partial charge is 0.309 e. The number of nitrogens with one attached hydrogen (secondary N) is 1. The molecule has 0 aliphatic rings. The molecule has 1 atom stereocenters. The van der Waals surface area contributed by atoms with E-state index in [1.807, 2.05) is 11.3 Å². The van der Waals surface area contributed by atoms with Gasteiger partial charge in [0.25, 0.3) is 0 Å². The van der Waals surface area contributed by atoms with Crippen LogP contribution in [0.1, 0.15) is 53.0 Å². The third-order valence-electron chi connectivity index (χ3n) is 3.57. The maximum absolute atomic E-state index is 4.75. The fraction of sp³-hybridized carbons (Fsp3) is 0.471. The Balaban J connectivity index is 2.13. The number of nitrogens with zero attached hydrogens (tertiary/aromatic N) is 1. The second-order valence-corrected chi connectivity index (χ2v) is 6.45. The summed E-state index contributed by atoms with van der Waals surface area (Å²) in [5, 5.41) is 4.77. The molecule has 1 N–H and O–H groups in total. The van der Waals surface area contributed by atoms with Crippen LogP contribution in [0.2, 0.25) is 0 Å². The summed E-state index contributed by atoms with van der Waals surface area (Å²) in [4.78, 5) is 6.13. The molecule has 2 nitrogen and oxygen atoms in total. The summed E-state index contributed by atoms with van der Waals surface area (Å²) in [5.74, 6) is 0. The molecule has 0 amide bonds. The van der Waals surface area contributed by atoms with Gasteiger partial charge in [0.05, 0.1) is 10.7 Å². The highest BCUT2D eigenvalue weighted by Crippen LogP contribution is 2.27. The Kier molecular flexibility index (Phi) is 5.32. The zero-order valence-electron chi connectivity index (χ0n) is 12.9. The second-order valence-electron chi connectivity index (χ2n) is 5.34. The highest BCUT2D eigenvalue weighted by atomic mass is 32.1. The van der Waals surface area contributed by atoms with E-state index in [1.165, 1.54) is 26.7 Å². The Labute approximate surface area is 126 Å². The van der Waals surface area contributed by atoms with Gasteiger partial charge in [-0.1, -0.05) is 31.2 Å². The van der Waals surface area contributed by atoms with Crippen LogP contribution >= 0.6 is 11.3 Å². The lowest BCUT2D eigenvalue weighted by Gasteiger charge is -2.11. The van der Waals surface area contributed by atoms with E-state index >= 15 is 0 Å². The van der Waals surface area contributed by atoms with Gasteiger partial charge >= 0.3 is 0 Å². The van der Waals surface area contributed by atoms with Crippen molar-refractivity contribution in [3.63, 3.8) is 0 Å². The van der Waals surface area contributed by atoms with Crippen molar-refractivity contribution in [3.8, 4) is 0 Å². The van der Waals surface area contributed by atoms with E-state index in [-0.39, 0.29) is 0 Å². The molecule has 0 radical (unpaired) electrons. The minimum Gasteiger partial charge on any atom is -0.309 e. The van der Waals surface area contributed by atoms with Crippen LogP contribution in [0, 0.1) is 13.8 Å². The lowest BCUT2D eigenvalue weighted by Crippen LogP contribution is -2.18. The fourth-order valence-electron chi connectivity index (χ4n) is 2.37. The molecular formula is C17H24N2S. The SMILES string of the molecule is CCCNC(C)c1sc(Cc2ccccc2C)nc1C. The number of hydrogen-bond donors (Lipinski definition) is 1. The molecule has 0 spiro atoms. The predicted molar refractivity (Wildman–Crippen MR) is 87.5 cm³/mol. The second kappa shape index (κ2) is 7.00. The Morgan fingerprint density at radius 1 is 1.25 bits per heavy atom. The molecule has 1 aromatic heterocycles. The molecule has 1 aromatic carbocycles. The number of aromatic nitrogens is 1. The van der Waals surface area contributed by atoms with Gasteiger partial charge < -0.3 is 5.32 Å². The van der Waals surface area contributed by atoms with Gasteiger partial charge in [0.1, 0.15) is 0 Å². The Bertz CT molecular complexity index is 560. The molecule has 0 saturated carbocycles. The molecule has 0 aliphatic heterocycles. The molecule has 0 fully saturated rings. The quantitative estimate of drug-likeness (QED) is 0.851. The van der Waals surface area contributed by atoms with E-state index in [0.717, 1.165) is 19.4 Å². The number of rotatable bonds is 6. The van der Waals surface area contributed by atoms with Crippen molar-refractivity contribution in [3.05, 3.63) is 51.0 Å². The van der Waals surface area contributed by atoms with Gasteiger partial charge in [-0.25, -0.2) is 4.98 Å². The molecule has 1 heterocycles. The van der Waals surface area contributed by atoms with Gasteiger partial charge in [-0.3, -0.25) is 0 Å². The minimum absolute atomic E-state index is 0.401. The van der Waals surface area contributed by atoms with E-state index < -0.39 is 0 Å². The Hall–Kier alpha value is -1.19. The molecule has 108 valence electrons. The van der Waals surface area contributed by atoms with Crippen LogP contribution in [-0.4, -0.2) is 11.5 Å². The first-order chi connectivity index (χ1) is 9.61. The van der Waals surface area contributed by atoms with Crippen molar-refractivity contribution >= 4 is 11.3 Å². The molecule has 0 bridgehead atoms. The molecular weight excluding hydrogens is 264 g/mol. The van der Waals surface area contributed by atoms with Crippen LogP contribution in [0.25, 0.3) is 0 Å². The molecule has 1 unspecified atom stereocenters. The molecule has 2 rings (SSSR count). The molecule has 20 heavy (non-hydrogen) atoms. The summed E-state index contributed by atoms with van der Waals surface area (Å²) in [7, 11) is 0. The van der Waals surface area contributed by atoms with Crippen LogP contribution in [0.3, 0.4) is 0 Å². The predicted octanol–water partition coefficient (Wildman–Crippen LogP) is 4.41. The zero-order valence-corrected chi connectivity index (χ0v) is 13.7. The highest BCUT2D eigenvalue weighted by Gasteiger charge is 2.14. The first kappa shape index (κ1) is 15.2. The number of benzene rings is 1. The van der Waals surface area contributed by atoms with Crippen LogP contribution in [0.4, 0.5) is 0 Å². The van der Waals surface area contributed by atoms with Gasteiger partial charge in [0.2, 0.25) is 0 Å². The summed E-state index contributed by atoms with van der Waals surface area (Å²) in [6.45, 7) is 9.78. The minimum atomic E-state index is 0.401. The fourth-order valence-corrected chi connectivity index (χ4v) is 3.49. The summed E-state index contributed by atoms with van der Waals surface area (Å²) >= 11 is 1.85. The molecule has 2 aromatic rings. The van der Waals surface area contributed by atoms with Gasteiger partial charge in [-0.15, -0.1) is 11.3 Å². The van der Waals surface area contributed by atoms with E-state index in [2.05, 4.69) is 57.3 Å². The highest BCUT2D eigenvalue weighted by molar-refractivity contribution is 7.11. The van der Waals surface area contributed by atoms with Gasteiger partial charge in [0.15, 0.2) is 0 Å². The topological polar surface area (TPSA) is 24.9 Å². The lowest BCUT2D eigenvalue weighted by atomic mass is 10.1. The van der Waals surface area contributed by atoms with Crippen molar-refractivity contribution in [2.24, 2.45) is 0 Å². The van der Waals surface area contributed by atoms with E-state index in [9.17, 15) is 0 Å². The van der Waals surface area contributed by atoms with Crippen LogP contribution < -0.4 is 5.32 Å². The van der Waals surface area contributed by atoms with Crippen molar-refractivity contribution in [2.75, 3.05) is 6.54 Å². The van der Waals surface area contributed by atoms with E-state index in [1.54, 1.807) is 0 Å². The number of aryl methyl sites for hydroxylation is 2. The van der Waals surface area contributed by atoms with Crippen molar-refractivity contribution in [1.82, 2.24) is 10.3 Å². The summed E-state index contributed by atoms with van der Waals surface area (Å²) < 4.78 is 0. The smallest absolute Gasteiger partial charge is 0.0975 e. The van der Waals surface area contributed by atoms with Crippen LogP contribution in [0.5, 0.6) is 0 Å². The van der Waals surface area contributed by atoms with Crippen molar-refractivity contribution in [2.45, 2.75) is 46.6 Å². The first-order valence-corrected chi connectivity index (χ1v) is 8.17. The number of hydrogen-bond acceptors (Lipinski definition) is 3. The van der Waals surface area contributed by atoms with E-state index in [0.29, 0.717) is 6.04 Å². The summed E-state index contributed by atoms with van der Waals surface area (Å²) in [6.07, 6.45) is 2.11. The van der Waals surface area contributed by atoms with Crippen molar-refractivity contribution in [1.29, 1.82) is 0 Å². The molecule has 3 heteroatoms. The maximum Gasteiger partial charge on any atom is 0.0975 e. The average Bonchev–Trinajstić information content (AvgIpc) is 2.79. The summed E-state index contributed by atoms with van der Waals surface area (Å²) in [6, 6.07) is 8.97. The molecule has 0 aliphatic carbocycles.